The number of methoxy groups -OCH3 is 3. The molecule has 2 aliphatic rings. The third-order valence-electron chi connectivity index (χ3n) is 7.55. The maximum absolute atomic E-state index is 11.9. The molecule has 188 valence electrons. The molecule has 2 bridgehead atoms. The Morgan fingerprint density at radius 3 is 1.81 bits per heavy atom. The quantitative estimate of drug-likeness (QED) is 0.440. The van der Waals surface area contributed by atoms with Crippen molar-refractivity contribution in [2.24, 2.45) is 11.8 Å². The SMILES string of the molecule is COc1cc2c(c(OC)c1OC)[C@H]1c3cccc4cccc(c34)[C@@H]2[C@@H](COC(C)=O)[C@H]1COC(C)=O. The molecular formula is C29H30O7. The van der Waals surface area contributed by atoms with Gasteiger partial charge >= 0.3 is 11.9 Å². The van der Waals surface area contributed by atoms with E-state index in [1.807, 2.05) is 6.07 Å². The number of hydrogen-bond donors (Lipinski definition) is 0. The molecule has 0 radical (unpaired) electrons. The predicted octanol–water partition coefficient (Wildman–Crippen LogP) is 4.82. The van der Waals surface area contributed by atoms with E-state index in [9.17, 15) is 9.59 Å². The molecule has 0 aliphatic heterocycles. The first-order valence-corrected chi connectivity index (χ1v) is 12.0. The summed E-state index contributed by atoms with van der Waals surface area (Å²) in [5.74, 6) is 0.326. The van der Waals surface area contributed by atoms with Crippen LogP contribution >= 0.6 is 0 Å². The van der Waals surface area contributed by atoms with Crippen LogP contribution in [0.25, 0.3) is 10.8 Å². The summed E-state index contributed by atoms with van der Waals surface area (Å²) in [6, 6.07) is 14.6. The van der Waals surface area contributed by atoms with E-state index in [4.69, 9.17) is 23.7 Å². The Morgan fingerprint density at radius 1 is 0.722 bits per heavy atom. The molecule has 0 heterocycles. The summed E-state index contributed by atoms with van der Waals surface area (Å²) in [6.07, 6.45) is 0. The molecule has 5 rings (SSSR count). The van der Waals surface area contributed by atoms with Crippen LogP contribution in [0.2, 0.25) is 0 Å². The topological polar surface area (TPSA) is 80.3 Å². The zero-order valence-corrected chi connectivity index (χ0v) is 21.1. The minimum atomic E-state index is -0.350. The van der Waals surface area contributed by atoms with Gasteiger partial charge in [0.15, 0.2) is 11.5 Å². The minimum absolute atomic E-state index is 0.147. The molecule has 0 saturated heterocycles. The molecule has 4 atom stereocenters. The highest BCUT2D eigenvalue weighted by Gasteiger charge is 2.50. The van der Waals surface area contributed by atoms with E-state index >= 15 is 0 Å². The molecule has 7 heteroatoms. The smallest absolute Gasteiger partial charge is 0.302 e. The Hall–Kier alpha value is -3.74. The summed E-state index contributed by atoms with van der Waals surface area (Å²) >= 11 is 0. The fourth-order valence-corrected chi connectivity index (χ4v) is 6.28. The number of rotatable bonds is 7. The van der Waals surface area contributed by atoms with E-state index in [0.29, 0.717) is 17.2 Å². The molecule has 36 heavy (non-hydrogen) atoms. The molecule has 0 fully saturated rings. The van der Waals surface area contributed by atoms with Crippen LogP contribution in [-0.4, -0.2) is 46.5 Å². The number of esters is 2. The fourth-order valence-electron chi connectivity index (χ4n) is 6.28. The van der Waals surface area contributed by atoms with Gasteiger partial charge in [-0.15, -0.1) is 0 Å². The van der Waals surface area contributed by atoms with Crippen molar-refractivity contribution in [3.05, 3.63) is 64.7 Å². The lowest BCUT2D eigenvalue weighted by molar-refractivity contribution is -0.147. The van der Waals surface area contributed by atoms with Gasteiger partial charge in [0.05, 0.1) is 34.5 Å². The van der Waals surface area contributed by atoms with Gasteiger partial charge in [-0.25, -0.2) is 0 Å². The largest absolute Gasteiger partial charge is 0.493 e. The summed E-state index contributed by atoms with van der Waals surface area (Å²) in [5, 5.41) is 2.30. The van der Waals surface area contributed by atoms with Gasteiger partial charge in [0, 0.05) is 43.1 Å². The number of ether oxygens (including phenoxy) is 5. The zero-order chi connectivity index (χ0) is 25.6. The molecule has 3 aromatic carbocycles. The van der Waals surface area contributed by atoms with Crippen molar-refractivity contribution in [2.75, 3.05) is 34.5 Å². The van der Waals surface area contributed by atoms with Gasteiger partial charge in [-0.05, 0) is 33.5 Å². The lowest BCUT2D eigenvalue weighted by Crippen LogP contribution is -2.39. The Balaban J connectivity index is 1.88. The standard InChI is InChI=1S/C29H30O7/c1-15(30)35-13-21-22(14-36-16(2)31)26-19-11-7-9-17-8-6-10-18(24(17)19)25(21)20-12-23(32-3)28(33-4)29(34-5)27(20)26/h6-12,21-22,25-26H,13-14H2,1-5H3/t21-,22+,25-,26-/m0/s1. The van der Waals surface area contributed by atoms with Crippen LogP contribution < -0.4 is 14.2 Å². The van der Waals surface area contributed by atoms with Crippen LogP contribution in [0.15, 0.2) is 42.5 Å². The summed E-state index contributed by atoms with van der Waals surface area (Å²) in [5.41, 5.74) is 4.29. The van der Waals surface area contributed by atoms with Crippen molar-refractivity contribution < 1.29 is 33.3 Å². The number of hydrogen-bond acceptors (Lipinski definition) is 7. The van der Waals surface area contributed by atoms with Crippen LogP contribution in [0, 0.1) is 11.8 Å². The van der Waals surface area contributed by atoms with E-state index < -0.39 is 0 Å². The summed E-state index contributed by atoms with van der Waals surface area (Å²) in [4.78, 5) is 23.9. The lowest BCUT2D eigenvalue weighted by Gasteiger charge is -2.43. The molecule has 0 saturated carbocycles. The Kier molecular flexibility index (Phi) is 6.24. The van der Waals surface area contributed by atoms with Crippen molar-refractivity contribution in [3.8, 4) is 17.2 Å². The molecule has 0 unspecified atom stereocenters. The second kappa shape index (κ2) is 9.37. The van der Waals surface area contributed by atoms with E-state index in [1.54, 1.807) is 21.3 Å². The van der Waals surface area contributed by atoms with Crippen LogP contribution in [0.3, 0.4) is 0 Å². The number of carbonyl (C=O) groups excluding carboxylic acids is 2. The first-order valence-electron chi connectivity index (χ1n) is 12.0. The number of carbonyl (C=O) groups is 2. The molecule has 0 spiro atoms. The third kappa shape index (κ3) is 3.65. The van der Waals surface area contributed by atoms with Gasteiger partial charge in [0.1, 0.15) is 0 Å². The summed E-state index contributed by atoms with van der Waals surface area (Å²) < 4.78 is 28.7. The molecule has 7 nitrogen and oxygen atoms in total. The highest BCUT2D eigenvalue weighted by Crippen LogP contribution is 2.62. The fraction of sp³-hybridized carbons (Fsp3) is 0.379. The molecule has 0 aromatic heterocycles. The molecule has 2 aliphatic carbocycles. The van der Waals surface area contributed by atoms with Crippen LogP contribution in [-0.2, 0) is 19.1 Å². The first-order chi connectivity index (χ1) is 17.4. The van der Waals surface area contributed by atoms with Gasteiger partial charge in [0.2, 0.25) is 5.75 Å². The van der Waals surface area contributed by atoms with E-state index in [2.05, 4.69) is 36.4 Å². The van der Waals surface area contributed by atoms with Crippen LogP contribution in [0.4, 0.5) is 0 Å². The van der Waals surface area contributed by atoms with E-state index in [1.165, 1.54) is 19.2 Å². The van der Waals surface area contributed by atoms with Crippen molar-refractivity contribution in [3.63, 3.8) is 0 Å². The van der Waals surface area contributed by atoms with Crippen molar-refractivity contribution in [1.29, 1.82) is 0 Å². The Bertz CT molecular complexity index is 1340. The maximum Gasteiger partial charge on any atom is 0.302 e. The van der Waals surface area contributed by atoms with Crippen molar-refractivity contribution >= 4 is 22.7 Å². The van der Waals surface area contributed by atoms with E-state index in [0.717, 1.165) is 27.6 Å². The average Bonchev–Trinajstić information content (AvgIpc) is 3.06. The van der Waals surface area contributed by atoms with Gasteiger partial charge in [-0.1, -0.05) is 36.4 Å². The first kappa shape index (κ1) is 24.0. The highest BCUT2D eigenvalue weighted by molar-refractivity contribution is 5.92. The Labute approximate surface area is 210 Å². The maximum atomic E-state index is 11.9. The van der Waals surface area contributed by atoms with Gasteiger partial charge in [-0.2, -0.15) is 0 Å². The second-order valence-corrected chi connectivity index (χ2v) is 9.33. The lowest BCUT2D eigenvalue weighted by atomic mass is 9.63. The van der Waals surface area contributed by atoms with Crippen LogP contribution in [0.1, 0.15) is 47.9 Å². The summed E-state index contributed by atoms with van der Waals surface area (Å²) in [6.45, 7) is 3.21. The van der Waals surface area contributed by atoms with E-state index in [-0.39, 0.29) is 48.8 Å². The van der Waals surface area contributed by atoms with Crippen molar-refractivity contribution in [2.45, 2.75) is 25.7 Å². The minimum Gasteiger partial charge on any atom is -0.493 e. The molecule has 3 aromatic rings. The zero-order valence-electron chi connectivity index (χ0n) is 21.1. The van der Waals surface area contributed by atoms with Crippen molar-refractivity contribution in [1.82, 2.24) is 0 Å². The Morgan fingerprint density at radius 2 is 1.28 bits per heavy atom. The third-order valence-corrected chi connectivity index (χ3v) is 7.55. The van der Waals surface area contributed by atoms with Gasteiger partial charge in [0.25, 0.3) is 0 Å². The van der Waals surface area contributed by atoms with Crippen LogP contribution in [0.5, 0.6) is 17.2 Å². The van der Waals surface area contributed by atoms with Gasteiger partial charge in [-0.3, -0.25) is 9.59 Å². The molecule has 0 N–H and O–H groups in total. The monoisotopic (exact) mass is 490 g/mol. The number of fused-ring (bicyclic) bond motifs is 2. The number of benzene rings is 3. The molecular weight excluding hydrogens is 460 g/mol. The summed E-state index contributed by atoms with van der Waals surface area (Å²) in [7, 11) is 4.83. The predicted molar refractivity (Wildman–Crippen MR) is 134 cm³/mol. The highest BCUT2D eigenvalue weighted by atomic mass is 16.5. The normalized spacial score (nSPS) is 21.4. The van der Waals surface area contributed by atoms with Gasteiger partial charge < -0.3 is 23.7 Å². The second-order valence-electron chi connectivity index (χ2n) is 9.33. The average molecular weight is 491 g/mol. The molecule has 0 amide bonds.